The maximum atomic E-state index is 12.8. The SMILES string of the molecule is Nc1cccc(OCCn2c(C(F)(F)F)cccc2=O)c1. The average molecular weight is 298 g/mol. The molecule has 0 aliphatic heterocycles. The van der Waals surface area contributed by atoms with Crippen molar-refractivity contribution in [2.75, 3.05) is 12.3 Å². The molecule has 2 rings (SSSR count). The molecule has 0 amide bonds. The molecule has 2 aromatic rings. The minimum atomic E-state index is -4.59. The van der Waals surface area contributed by atoms with Crippen LogP contribution in [0.25, 0.3) is 0 Å². The smallest absolute Gasteiger partial charge is 0.431 e. The van der Waals surface area contributed by atoms with Crippen LogP contribution in [0.4, 0.5) is 18.9 Å². The second-order valence-electron chi connectivity index (χ2n) is 4.32. The van der Waals surface area contributed by atoms with E-state index in [0.717, 1.165) is 18.2 Å². The fourth-order valence-corrected chi connectivity index (χ4v) is 1.86. The minimum absolute atomic E-state index is 0.0730. The highest BCUT2D eigenvalue weighted by molar-refractivity contribution is 5.43. The maximum Gasteiger partial charge on any atom is 0.431 e. The van der Waals surface area contributed by atoms with Gasteiger partial charge in [-0.1, -0.05) is 12.1 Å². The summed E-state index contributed by atoms with van der Waals surface area (Å²) in [4.78, 5) is 11.6. The normalized spacial score (nSPS) is 11.4. The third-order valence-corrected chi connectivity index (χ3v) is 2.78. The summed E-state index contributed by atoms with van der Waals surface area (Å²) >= 11 is 0. The third-order valence-electron chi connectivity index (χ3n) is 2.78. The van der Waals surface area contributed by atoms with E-state index in [9.17, 15) is 18.0 Å². The fraction of sp³-hybridized carbons (Fsp3) is 0.214. The summed E-state index contributed by atoms with van der Waals surface area (Å²) in [6.45, 7) is -0.278. The summed E-state index contributed by atoms with van der Waals surface area (Å²) in [6, 6.07) is 9.54. The van der Waals surface area contributed by atoms with Gasteiger partial charge in [-0.25, -0.2) is 0 Å². The predicted molar refractivity (Wildman–Crippen MR) is 72.1 cm³/mol. The Morgan fingerprint density at radius 2 is 1.86 bits per heavy atom. The van der Waals surface area contributed by atoms with E-state index >= 15 is 0 Å². The van der Waals surface area contributed by atoms with Gasteiger partial charge in [-0.15, -0.1) is 0 Å². The standard InChI is InChI=1S/C14H13F3N2O2/c15-14(16,17)12-5-2-6-13(20)19(12)7-8-21-11-4-1-3-10(18)9-11/h1-6,9H,7-8,18H2. The lowest BCUT2D eigenvalue weighted by molar-refractivity contribution is -0.144. The molecule has 0 bridgehead atoms. The monoisotopic (exact) mass is 298 g/mol. The number of aromatic nitrogens is 1. The van der Waals surface area contributed by atoms with Gasteiger partial charge in [-0.2, -0.15) is 13.2 Å². The van der Waals surface area contributed by atoms with Crippen molar-refractivity contribution in [3.8, 4) is 5.75 Å². The number of benzene rings is 1. The molecule has 2 N–H and O–H groups in total. The highest BCUT2D eigenvalue weighted by Gasteiger charge is 2.34. The van der Waals surface area contributed by atoms with Crippen LogP contribution in [0.1, 0.15) is 5.69 Å². The van der Waals surface area contributed by atoms with Crippen molar-refractivity contribution < 1.29 is 17.9 Å². The molecule has 112 valence electrons. The molecule has 0 spiro atoms. The molecule has 7 heteroatoms. The zero-order valence-corrected chi connectivity index (χ0v) is 10.9. The lowest BCUT2D eigenvalue weighted by Crippen LogP contribution is -2.29. The molecule has 0 radical (unpaired) electrons. The molecule has 21 heavy (non-hydrogen) atoms. The van der Waals surface area contributed by atoms with Crippen molar-refractivity contribution in [2.24, 2.45) is 0 Å². The van der Waals surface area contributed by atoms with Crippen molar-refractivity contribution in [3.05, 3.63) is 58.5 Å². The lowest BCUT2D eigenvalue weighted by Gasteiger charge is -2.15. The highest BCUT2D eigenvalue weighted by atomic mass is 19.4. The first kappa shape index (κ1) is 15.0. The van der Waals surface area contributed by atoms with Gasteiger partial charge in [0.25, 0.3) is 5.56 Å². The molecule has 0 unspecified atom stereocenters. The van der Waals surface area contributed by atoms with Gasteiger partial charge in [-0.05, 0) is 18.2 Å². The molecular weight excluding hydrogens is 285 g/mol. The number of nitrogens with two attached hydrogens (primary N) is 1. The number of hydrogen-bond donors (Lipinski definition) is 1. The number of alkyl halides is 3. The Morgan fingerprint density at radius 3 is 2.52 bits per heavy atom. The number of pyridine rings is 1. The summed E-state index contributed by atoms with van der Waals surface area (Å²) in [5.74, 6) is 0.438. The number of nitrogen functional groups attached to an aromatic ring is 1. The zero-order valence-electron chi connectivity index (χ0n) is 10.9. The van der Waals surface area contributed by atoms with E-state index in [0.29, 0.717) is 16.0 Å². The summed E-state index contributed by atoms with van der Waals surface area (Å²) in [5, 5.41) is 0. The number of nitrogens with zero attached hydrogens (tertiary/aromatic N) is 1. The molecule has 4 nitrogen and oxygen atoms in total. The third kappa shape index (κ3) is 3.77. The summed E-state index contributed by atoms with van der Waals surface area (Å²) in [5.41, 5.74) is 4.33. The molecule has 0 aliphatic rings. The fourth-order valence-electron chi connectivity index (χ4n) is 1.86. The quantitative estimate of drug-likeness (QED) is 0.882. The molecule has 1 heterocycles. The number of anilines is 1. The average Bonchev–Trinajstić information content (AvgIpc) is 2.39. The van der Waals surface area contributed by atoms with E-state index in [1.807, 2.05) is 0 Å². The Morgan fingerprint density at radius 1 is 1.14 bits per heavy atom. The molecule has 0 saturated carbocycles. The Kier molecular flexibility index (Phi) is 4.21. The van der Waals surface area contributed by atoms with E-state index in [4.69, 9.17) is 10.5 Å². The topological polar surface area (TPSA) is 57.2 Å². The Labute approximate surface area is 118 Å². The van der Waals surface area contributed by atoms with Crippen molar-refractivity contribution in [1.82, 2.24) is 4.57 Å². The van der Waals surface area contributed by atoms with Crippen molar-refractivity contribution in [1.29, 1.82) is 0 Å². The molecule has 1 aromatic heterocycles. The second-order valence-corrected chi connectivity index (χ2v) is 4.32. The van der Waals surface area contributed by atoms with Gasteiger partial charge in [0, 0.05) is 17.8 Å². The van der Waals surface area contributed by atoms with Crippen LogP contribution >= 0.6 is 0 Å². The van der Waals surface area contributed by atoms with Crippen LogP contribution in [0.3, 0.4) is 0 Å². The van der Waals surface area contributed by atoms with E-state index in [-0.39, 0.29) is 13.2 Å². The lowest BCUT2D eigenvalue weighted by atomic mass is 10.3. The summed E-state index contributed by atoms with van der Waals surface area (Å²) < 4.78 is 44.4. The van der Waals surface area contributed by atoms with E-state index < -0.39 is 17.4 Å². The minimum Gasteiger partial charge on any atom is -0.492 e. The highest BCUT2D eigenvalue weighted by Crippen LogP contribution is 2.28. The van der Waals surface area contributed by atoms with Crippen LogP contribution in [0.15, 0.2) is 47.3 Å². The zero-order chi connectivity index (χ0) is 15.5. The predicted octanol–water partition coefficient (Wildman–Crippen LogP) is 2.53. The molecule has 1 aromatic carbocycles. The maximum absolute atomic E-state index is 12.8. The largest absolute Gasteiger partial charge is 0.492 e. The van der Waals surface area contributed by atoms with Crippen LogP contribution in [-0.2, 0) is 12.7 Å². The number of hydrogen-bond acceptors (Lipinski definition) is 3. The molecular formula is C14H13F3N2O2. The molecule has 0 atom stereocenters. The van der Waals surface area contributed by atoms with E-state index in [1.54, 1.807) is 24.3 Å². The Bertz CT molecular complexity index is 680. The molecule has 0 fully saturated rings. The summed E-state index contributed by atoms with van der Waals surface area (Å²) in [6.07, 6.45) is -4.59. The van der Waals surface area contributed by atoms with Crippen molar-refractivity contribution >= 4 is 5.69 Å². The summed E-state index contributed by atoms with van der Waals surface area (Å²) in [7, 11) is 0. The first-order chi connectivity index (χ1) is 9.88. The van der Waals surface area contributed by atoms with E-state index in [2.05, 4.69) is 0 Å². The van der Waals surface area contributed by atoms with Gasteiger partial charge in [-0.3, -0.25) is 4.79 Å². The number of ether oxygens (including phenoxy) is 1. The van der Waals surface area contributed by atoms with Gasteiger partial charge in [0.15, 0.2) is 0 Å². The van der Waals surface area contributed by atoms with Gasteiger partial charge in [0.05, 0.1) is 6.54 Å². The van der Waals surface area contributed by atoms with Gasteiger partial charge >= 0.3 is 6.18 Å². The van der Waals surface area contributed by atoms with Crippen LogP contribution in [0.5, 0.6) is 5.75 Å². The Balaban J connectivity index is 2.12. The van der Waals surface area contributed by atoms with Gasteiger partial charge in [0.2, 0.25) is 0 Å². The van der Waals surface area contributed by atoms with Crippen molar-refractivity contribution in [2.45, 2.75) is 12.7 Å². The second kappa shape index (κ2) is 5.90. The van der Waals surface area contributed by atoms with Crippen molar-refractivity contribution in [3.63, 3.8) is 0 Å². The first-order valence-electron chi connectivity index (χ1n) is 6.13. The van der Waals surface area contributed by atoms with Crippen LogP contribution in [0, 0.1) is 0 Å². The van der Waals surface area contributed by atoms with Gasteiger partial charge < -0.3 is 15.0 Å². The number of halogens is 3. The van der Waals surface area contributed by atoms with Crippen LogP contribution in [-0.4, -0.2) is 11.2 Å². The van der Waals surface area contributed by atoms with Crippen LogP contribution < -0.4 is 16.0 Å². The van der Waals surface area contributed by atoms with E-state index in [1.165, 1.54) is 0 Å². The Hall–Kier alpha value is -2.44. The first-order valence-corrected chi connectivity index (χ1v) is 6.13. The molecule has 0 saturated heterocycles. The van der Waals surface area contributed by atoms with Gasteiger partial charge in [0.1, 0.15) is 18.1 Å². The molecule has 0 aliphatic carbocycles. The number of rotatable bonds is 4. The van der Waals surface area contributed by atoms with Crippen LogP contribution in [0.2, 0.25) is 0 Å².